The minimum Gasteiger partial charge on any atom is -0.480 e. The molecule has 0 aromatic heterocycles. The summed E-state index contributed by atoms with van der Waals surface area (Å²) in [5.74, 6) is 1.09. The third-order valence-electron chi connectivity index (χ3n) is 3.31. The van der Waals surface area contributed by atoms with Gasteiger partial charge in [-0.3, -0.25) is 4.79 Å². The van der Waals surface area contributed by atoms with Gasteiger partial charge in [0.2, 0.25) is 0 Å². The zero-order valence-corrected chi connectivity index (χ0v) is 12.2. The van der Waals surface area contributed by atoms with Crippen LogP contribution in [0.1, 0.15) is 39.5 Å². The molecular weight excluding hydrogens is 250 g/mol. The molecule has 1 aliphatic heterocycles. The maximum atomic E-state index is 11.3. The predicted molar refractivity (Wildman–Crippen MR) is 75.3 cm³/mol. The van der Waals surface area contributed by atoms with Gasteiger partial charge in [0, 0.05) is 12.4 Å². The second-order valence-corrected chi connectivity index (χ2v) is 6.17. The lowest BCUT2D eigenvalue weighted by molar-refractivity contribution is -0.144. The van der Waals surface area contributed by atoms with Gasteiger partial charge >= 0.3 is 5.97 Å². The second-order valence-electron chi connectivity index (χ2n) is 5.02. The molecule has 0 amide bonds. The van der Waals surface area contributed by atoms with Crippen LogP contribution in [-0.2, 0) is 9.53 Å². The maximum absolute atomic E-state index is 11.3. The van der Waals surface area contributed by atoms with Crippen molar-refractivity contribution in [1.82, 2.24) is 5.32 Å². The van der Waals surface area contributed by atoms with Crippen molar-refractivity contribution in [2.75, 3.05) is 24.7 Å². The van der Waals surface area contributed by atoms with Crippen molar-refractivity contribution in [3.63, 3.8) is 0 Å². The highest BCUT2D eigenvalue weighted by atomic mass is 32.2. The SMILES string of the molecule is CCCNC(C)(CCSCC1CCCO1)C(=O)O. The van der Waals surface area contributed by atoms with Gasteiger partial charge in [0.05, 0.1) is 6.10 Å². The van der Waals surface area contributed by atoms with E-state index in [0.717, 1.165) is 43.9 Å². The van der Waals surface area contributed by atoms with Gasteiger partial charge in [-0.25, -0.2) is 0 Å². The molecule has 0 aromatic carbocycles. The van der Waals surface area contributed by atoms with Crippen molar-refractivity contribution in [3.05, 3.63) is 0 Å². The number of carboxylic acid groups (broad SMARTS) is 1. The molecule has 0 bridgehead atoms. The molecule has 0 spiro atoms. The summed E-state index contributed by atoms with van der Waals surface area (Å²) in [6.45, 7) is 5.45. The summed E-state index contributed by atoms with van der Waals surface area (Å²) >= 11 is 1.80. The average molecular weight is 275 g/mol. The number of thioether (sulfide) groups is 1. The fourth-order valence-electron chi connectivity index (χ4n) is 1.94. The van der Waals surface area contributed by atoms with Gasteiger partial charge in [0.25, 0.3) is 0 Å². The molecule has 106 valence electrons. The smallest absolute Gasteiger partial charge is 0.323 e. The minimum absolute atomic E-state index is 0.384. The minimum atomic E-state index is -0.792. The Morgan fingerprint density at radius 2 is 2.39 bits per heavy atom. The lowest BCUT2D eigenvalue weighted by Crippen LogP contribution is -2.50. The molecule has 5 heteroatoms. The van der Waals surface area contributed by atoms with E-state index >= 15 is 0 Å². The zero-order valence-electron chi connectivity index (χ0n) is 11.4. The molecule has 4 nitrogen and oxygen atoms in total. The van der Waals surface area contributed by atoms with Gasteiger partial charge in [0.1, 0.15) is 5.54 Å². The Morgan fingerprint density at radius 3 is 2.94 bits per heavy atom. The molecule has 1 saturated heterocycles. The van der Waals surface area contributed by atoms with Gasteiger partial charge < -0.3 is 15.2 Å². The van der Waals surface area contributed by atoms with E-state index in [-0.39, 0.29) is 0 Å². The number of rotatable bonds is 9. The number of hydrogen-bond acceptors (Lipinski definition) is 4. The molecule has 0 saturated carbocycles. The Balaban J connectivity index is 2.21. The molecule has 2 unspecified atom stereocenters. The van der Waals surface area contributed by atoms with Crippen LogP contribution in [0.4, 0.5) is 0 Å². The quantitative estimate of drug-likeness (QED) is 0.631. The van der Waals surface area contributed by atoms with E-state index in [1.165, 1.54) is 0 Å². The topological polar surface area (TPSA) is 58.6 Å². The van der Waals surface area contributed by atoms with Crippen LogP contribution in [0.3, 0.4) is 0 Å². The molecule has 18 heavy (non-hydrogen) atoms. The monoisotopic (exact) mass is 275 g/mol. The fraction of sp³-hybridized carbons (Fsp3) is 0.923. The third kappa shape index (κ3) is 5.16. The molecule has 0 aliphatic carbocycles. The van der Waals surface area contributed by atoms with E-state index in [4.69, 9.17) is 4.74 Å². The van der Waals surface area contributed by atoms with Gasteiger partial charge in [-0.05, 0) is 44.9 Å². The van der Waals surface area contributed by atoms with Gasteiger partial charge in [-0.15, -0.1) is 0 Å². The van der Waals surface area contributed by atoms with Crippen molar-refractivity contribution in [2.24, 2.45) is 0 Å². The van der Waals surface area contributed by atoms with E-state index in [1.54, 1.807) is 18.7 Å². The Labute approximate surface area is 114 Å². The Bertz CT molecular complexity index is 257. The molecule has 1 fully saturated rings. The van der Waals surface area contributed by atoms with Crippen LogP contribution in [0, 0.1) is 0 Å². The normalized spacial score (nSPS) is 22.9. The molecule has 2 N–H and O–H groups in total. The predicted octanol–water partition coefficient (Wildman–Crippen LogP) is 2.13. The number of aliphatic carboxylic acids is 1. The van der Waals surface area contributed by atoms with Crippen LogP contribution in [0.15, 0.2) is 0 Å². The van der Waals surface area contributed by atoms with Gasteiger partial charge in [-0.1, -0.05) is 6.92 Å². The highest BCUT2D eigenvalue weighted by Crippen LogP contribution is 2.20. The summed E-state index contributed by atoms with van der Waals surface area (Å²) in [7, 11) is 0. The average Bonchev–Trinajstić information content (AvgIpc) is 2.85. The highest BCUT2D eigenvalue weighted by Gasteiger charge is 2.31. The van der Waals surface area contributed by atoms with Crippen molar-refractivity contribution in [1.29, 1.82) is 0 Å². The summed E-state index contributed by atoms with van der Waals surface area (Å²) in [6, 6.07) is 0. The first-order valence-corrected chi connectivity index (χ1v) is 7.91. The lowest BCUT2D eigenvalue weighted by atomic mass is 9.99. The number of nitrogens with one attached hydrogen (secondary N) is 1. The van der Waals surface area contributed by atoms with Crippen molar-refractivity contribution in [2.45, 2.75) is 51.2 Å². The summed E-state index contributed by atoms with van der Waals surface area (Å²) in [5.41, 5.74) is -0.792. The summed E-state index contributed by atoms with van der Waals surface area (Å²) < 4.78 is 5.54. The van der Waals surface area contributed by atoms with Crippen LogP contribution in [0.25, 0.3) is 0 Å². The van der Waals surface area contributed by atoms with Crippen molar-refractivity contribution >= 4 is 17.7 Å². The summed E-state index contributed by atoms with van der Waals surface area (Å²) in [6.07, 6.45) is 4.30. The molecule has 1 aliphatic rings. The number of ether oxygens (including phenoxy) is 1. The largest absolute Gasteiger partial charge is 0.480 e. The van der Waals surface area contributed by atoms with E-state index in [2.05, 4.69) is 5.32 Å². The van der Waals surface area contributed by atoms with E-state index < -0.39 is 11.5 Å². The van der Waals surface area contributed by atoms with Crippen LogP contribution < -0.4 is 5.32 Å². The zero-order chi connectivity index (χ0) is 13.4. The van der Waals surface area contributed by atoms with E-state index in [0.29, 0.717) is 12.5 Å². The van der Waals surface area contributed by atoms with E-state index in [9.17, 15) is 9.90 Å². The molecular formula is C13H25NO3S. The lowest BCUT2D eigenvalue weighted by Gasteiger charge is -2.26. The Hall–Kier alpha value is -0.260. The maximum Gasteiger partial charge on any atom is 0.323 e. The molecule has 0 aromatic rings. The second kappa shape index (κ2) is 8.02. The molecule has 2 atom stereocenters. The van der Waals surface area contributed by atoms with Crippen molar-refractivity contribution in [3.8, 4) is 0 Å². The number of hydrogen-bond donors (Lipinski definition) is 2. The molecule has 0 radical (unpaired) electrons. The number of carbonyl (C=O) groups is 1. The van der Waals surface area contributed by atoms with Crippen LogP contribution in [0.5, 0.6) is 0 Å². The molecule has 1 heterocycles. The first-order chi connectivity index (χ1) is 8.58. The van der Waals surface area contributed by atoms with Crippen LogP contribution >= 0.6 is 11.8 Å². The highest BCUT2D eigenvalue weighted by molar-refractivity contribution is 7.99. The van der Waals surface area contributed by atoms with Crippen LogP contribution in [0.2, 0.25) is 0 Å². The van der Waals surface area contributed by atoms with Gasteiger partial charge in [0.15, 0.2) is 0 Å². The number of carboxylic acids is 1. The first kappa shape index (κ1) is 15.8. The van der Waals surface area contributed by atoms with Crippen molar-refractivity contribution < 1.29 is 14.6 Å². The van der Waals surface area contributed by atoms with Crippen LogP contribution in [-0.4, -0.2) is 47.4 Å². The molecule has 1 rings (SSSR count). The fourth-order valence-corrected chi connectivity index (χ4v) is 3.18. The standard InChI is InChI=1S/C13H25NO3S/c1-3-7-14-13(2,12(15)16)6-9-18-10-11-5-4-8-17-11/h11,14H,3-10H2,1-2H3,(H,15,16). The van der Waals surface area contributed by atoms with E-state index in [1.807, 2.05) is 6.92 Å². The summed E-state index contributed by atoms with van der Waals surface area (Å²) in [5, 5.41) is 12.4. The Kier molecular flexibility index (Phi) is 7.04. The Morgan fingerprint density at radius 1 is 1.61 bits per heavy atom. The summed E-state index contributed by atoms with van der Waals surface area (Å²) in [4.78, 5) is 11.3. The van der Waals surface area contributed by atoms with Gasteiger partial charge in [-0.2, -0.15) is 11.8 Å². The third-order valence-corrected chi connectivity index (χ3v) is 4.41. The first-order valence-electron chi connectivity index (χ1n) is 6.76.